The topological polar surface area (TPSA) is 29.3 Å². The van der Waals surface area contributed by atoms with Crippen LogP contribution in [0.5, 0.6) is 0 Å². The molecule has 2 N–H and O–H groups in total. The Hall–Kier alpha value is -1.06. The predicted molar refractivity (Wildman–Crippen MR) is 88.9 cm³/mol. The van der Waals surface area contributed by atoms with E-state index in [1.807, 2.05) is 24.3 Å². The summed E-state index contributed by atoms with van der Waals surface area (Å²) in [5.41, 5.74) is 8.52. The molecule has 0 spiro atoms. The summed E-state index contributed by atoms with van der Waals surface area (Å²) in [4.78, 5) is 2.41. The van der Waals surface area contributed by atoms with Crippen LogP contribution in [0.2, 0.25) is 10.0 Å². The molecule has 2 atom stereocenters. The van der Waals surface area contributed by atoms with Crippen molar-refractivity contribution in [1.29, 1.82) is 0 Å². The van der Waals surface area contributed by atoms with E-state index in [1.165, 1.54) is 11.1 Å². The largest absolute Gasteiger partial charge is 0.325 e. The minimum absolute atomic E-state index is 0.189. The van der Waals surface area contributed by atoms with E-state index < -0.39 is 0 Å². The van der Waals surface area contributed by atoms with E-state index >= 15 is 0 Å². The smallest absolute Gasteiger partial charge is 0.0605 e. The van der Waals surface area contributed by atoms with E-state index in [2.05, 4.69) is 36.1 Å². The van der Waals surface area contributed by atoms with Crippen LogP contribution < -0.4 is 5.73 Å². The van der Waals surface area contributed by atoms with Crippen molar-refractivity contribution in [3.8, 4) is 0 Å². The van der Waals surface area contributed by atoms with Gasteiger partial charge in [-0.2, -0.15) is 0 Å². The number of halogens is 2. The quantitative estimate of drug-likeness (QED) is 0.922. The summed E-state index contributed by atoms with van der Waals surface area (Å²) in [6, 6.07) is 16.9. The van der Waals surface area contributed by atoms with E-state index in [0.29, 0.717) is 6.04 Å². The highest BCUT2D eigenvalue weighted by Gasteiger charge is 2.38. The van der Waals surface area contributed by atoms with E-state index in [4.69, 9.17) is 28.9 Å². The van der Waals surface area contributed by atoms with Crippen LogP contribution >= 0.6 is 23.2 Å². The van der Waals surface area contributed by atoms with Crippen molar-refractivity contribution in [3.05, 3.63) is 69.7 Å². The summed E-state index contributed by atoms with van der Waals surface area (Å²) >= 11 is 12.0. The van der Waals surface area contributed by atoms with Gasteiger partial charge in [0.25, 0.3) is 0 Å². The lowest BCUT2D eigenvalue weighted by Gasteiger charge is -2.49. The number of likely N-dealkylation sites (tertiary alicyclic amines) is 1. The first-order valence-corrected chi connectivity index (χ1v) is 7.84. The first-order valence-electron chi connectivity index (χ1n) is 7.08. The Morgan fingerprint density at radius 2 is 1.38 bits per heavy atom. The van der Waals surface area contributed by atoms with Gasteiger partial charge in [0.15, 0.2) is 0 Å². The van der Waals surface area contributed by atoms with Crippen molar-refractivity contribution < 1.29 is 0 Å². The van der Waals surface area contributed by atoms with Crippen molar-refractivity contribution in [1.82, 2.24) is 4.90 Å². The van der Waals surface area contributed by atoms with E-state index in [-0.39, 0.29) is 12.1 Å². The van der Waals surface area contributed by atoms with Crippen LogP contribution in [0.4, 0.5) is 0 Å². The van der Waals surface area contributed by atoms with Crippen molar-refractivity contribution >= 4 is 23.2 Å². The molecule has 2 aromatic carbocycles. The van der Waals surface area contributed by atoms with Crippen LogP contribution in [0.1, 0.15) is 24.1 Å². The minimum Gasteiger partial charge on any atom is -0.325 e. The Kier molecular flexibility index (Phi) is 4.23. The van der Waals surface area contributed by atoms with E-state index in [9.17, 15) is 0 Å². The van der Waals surface area contributed by atoms with Gasteiger partial charge in [-0.1, -0.05) is 47.5 Å². The van der Waals surface area contributed by atoms with Crippen molar-refractivity contribution in [2.75, 3.05) is 6.54 Å². The molecule has 1 fully saturated rings. The summed E-state index contributed by atoms with van der Waals surface area (Å²) in [7, 11) is 0. The molecule has 2 nitrogen and oxygen atoms in total. The third-order valence-corrected chi connectivity index (χ3v) is 4.77. The maximum Gasteiger partial charge on any atom is 0.0605 e. The normalized spacial score (nSPS) is 22.3. The number of hydrogen-bond acceptors (Lipinski definition) is 2. The molecule has 2 aromatic rings. The van der Waals surface area contributed by atoms with Gasteiger partial charge < -0.3 is 5.73 Å². The Morgan fingerprint density at radius 3 is 1.71 bits per heavy atom. The van der Waals surface area contributed by atoms with Gasteiger partial charge in [-0.05, 0) is 42.3 Å². The second kappa shape index (κ2) is 5.98. The second-order valence-electron chi connectivity index (χ2n) is 5.61. The fraction of sp³-hybridized carbons (Fsp3) is 0.294. The summed E-state index contributed by atoms with van der Waals surface area (Å²) in [5, 5.41) is 1.50. The molecule has 0 aliphatic carbocycles. The van der Waals surface area contributed by atoms with Gasteiger partial charge in [-0.15, -0.1) is 0 Å². The fourth-order valence-corrected chi connectivity index (χ4v) is 3.13. The number of rotatable bonds is 3. The molecule has 0 amide bonds. The molecule has 2 unspecified atom stereocenters. The fourth-order valence-electron chi connectivity index (χ4n) is 2.88. The first-order chi connectivity index (χ1) is 10.1. The van der Waals surface area contributed by atoms with Gasteiger partial charge in [-0.3, -0.25) is 4.90 Å². The molecule has 0 bridgehead atoms. The molecule has 1 heterocycles. The van der Waals surface area contributed by atoms with Gasteiger partial charge in [0, 0.05) is 28.7 Å². The average Bonchev–Trinajstić information content (AvgIpc) is 2.50. The molecule has 3 rings (SSSR count). The maximum absolute atomic E-state index is 6.07. The Balaban J connectivity index is 1.98. The lowest BCUT2D eigenvalue weighted by molar-refractivity contribution is 0.0447. The first kappa shape index (κ1) is 14.9. The van der Waals surface area contributed by atoms with Crippen molar-refractivity contribution in [2.45, 2.75) is 25.0 Å². The highest BCUT2D eigenvalue weighted by molar-refractivity contribution is 6.30. The van der Waals surface area contributed by atoms with Gasteiger partial charge in [-0.25, -0.2) is 0 Å². The molecule has 1 aliphatic rings. The monoisotopic (exact) mass is 320 g/mol. The zero-order valence-corrected chi connectivity index (χ0v) is 13.4. The molecule has 21 heavy (non-hydrogen) atoms. The highest BCUT2D eigenvalue weighted by atomic mass is 35.5. The third-order valence-electron chi connectivity index (χ3n) is 4.27. The number of hydrogen-bond donors (Lipinski definition) is 1. The molecule has 0 saturated carbocycles. The number of nitrogens with zero attached hydrogens (tertiary/aromatic N) is 1. The van der Waals surface area contributed by atoms with Gasteiger partial charge in [0.2, 0.25) is 0 Å². The molecular formula is C17H18Cl2N2. The van der Waals surface area contributed by atoms with Crippen LogP contribution in [0.25, 0.3) is 0 Å². The Labute approximate surface area is 135 Å². The van der Waals surface area contributed by atoms with Crippen LogP contribution in [-0.2, 0) is 0 Å². The molecule has 1 aliphatic heterocycles. The SMILES string of the molecule is CC1C(N)CN1C(c1ccc(Cl)cc1)c1ccc(Cl)cc1. The lowest BCUT2D eigenvalue weighted by Crippen LogP contribution is -2.63. The molecule has 0 aromatic heterocycles. The second-order valence-corrected chi connectivity index (χ2v) is 6.48. The summed E-state index contributed by atoms with van der Waals surface area (Å²) in [5.74, 6) is 0. The standard InChI is InChI=1S/C17H18Cl2N2/c1-11-16(20)10-21(11)17(12-2-6-14(18)7-3-12)13-4-8-15(19)9-5-13/h2-9,11,16-17H,10,20H2,1H3. The molecular weight excluding hydrogens is 303 g/mol. The number of nitrogens with two attached hydrogens (primary N) is 1. The van der Waals surface area contributed by atoms with E-state index in [1.54, 1.807) is 0 Å². The maximum atomic E-state index is 6.07. The zero-order chi connectivity index (χ0) is 15.0. The van der Waals surface area contributed by atoms with Gasteiger partial charge in [0.1, 0.15) is 0 Å². The minimum atomic E-state index is 0.189. The molecule has 0 radical (unpaired) electrons. The Bertz CT molecular complexity index is 564. The predicted octanol–water partition coefficient (Wildman–Crippen LogP) is 4.11. The van der Waals surface area contributed by atoms with Crippen LogP contribution in [0.3, 0.4) is 0 Å². The van der Waals surface area contributed by atoms with Crippen LogP contribution in [-0.4, -0.2) is 23.5 Å². The zero-order valence-electron chi connectivity index (χ0n) is 11.8. The van der Waals surface area contributed by atoms with Gasteiger partial charge >= 0.3 is 0 Å². The molecule has 4 heteroatoms. The Morgan fingerprint density at radius 1 is 0.952 bits per heavy atom. The van der Waals surface area contributed by atoms with Crippen LogP contribution in [0.15, 0.2) is 48.5 Å². The van der Waals surface area contributed by atoms with Crippen molar-refractivity contribution in [2.24, 2.45) is 5.73 Å². The average molecular weight is 321 g/mol. The summed E-state index contributed by atoms with van der Waals surface area (Å²) in [6.07, 6.45) is 0. The lowest BCUT2D eigenvalue weighted by atomic mass is 9.89. The van der Waals surface area contributed by atoms with E-state index in [0.717, 1.165) is 16.6 Å². The van der Waals surface area contributed by atoms with Crippen LogP contribution in [0, 0.1) is 0 Å². The third kappa shape index (κ3) is 2.95. The van der Waals surface area contributed by atoms with Gasteiger partial charge in [0.05, 0.1) is 6.04 Å². The highest BCUT2D eigenvalue weighted by Crippen LogP contribution is 2.36. The summed E-state index contributed by atoms with van der Waals surface area (Å²) < 4.78 is 0. The molecule has 110 valence electrons. The number of benzene rings is 2. The van der Waals surface area contributed by atoms with Crippen molar-refractivity contribution in [3.63, 3.8) is 0 Å². The summed E-state index contributed by atoms with van der Waals surface area (Å²) in [6.45, 7) is 3.07. The molecule has 1 saturated heterocycles.